The third kappa shape index (κ3) is 6.98. The summed E-state index contributed by atoms with van der Waals surface area (Å²) < 4.78 is 15.6. The van der Waals surface area contributed by atoms with Gasteiger partial charge < -0.3 is 31.0 Å². The summed E-state index contributed by atoms with van der Waals surface area (Å²) in [5.74, 6) is -0.989. The quantitative estimate of drug-likeness (QED) is 0.320. The number of carbonyl (C=O) groups excluding carboxylic acids is 3. The first-order chi connectivity index (χ1) is 17.3. The minimum absolute atomic E-state index is 0.00926. The third-order valence-electron chi connectivity index (χ3n) is 4.82. The molecule has 3 rings (SSSR count). The summed E-state index contributed by atoms with van der Waals surface area (Å²) in [5, 5.41) is 2.61. The SMILES string of the molecule is CCOC(=O)CC[C@H](NC(=O)c1ccc(OCc2cnc3nc(N)nc(N)c3n2)cc1)C(=O)OCC. The molecule has 1 atom stereocenters. The number of fused-ring (bicyclic) bond motifs is 1. The molecule has 0 saturated carbocycles. The maximum atomic E-state index is 12.7. The van der Waals surface area contributed by atoms with Crippen LogP contribution in [0.1, 0.15) is 42.7 Å². The van der Waals surface area contributed by atoms with Gasteiger partial charge in [-0.3, -0.25) is 9.59 Å². The Bertz CT molecular complexity index is 1240. The van der Waals surface area contributed by atoms with E-state index in [-0.39, 0.29) is 50.1 Å². The molecule has 0 aliphatic heterocycles. The molecule has 3 aromatic rings. The van der Waals surface area contributed by atoms with Crippen molar-refractivity contribution in [2.45, 2.75) is 39.3 Å². The predicted octanol–water partition coefficient (Wildman–Crippen LogP) is 1.17. The monoisotopic (exact) mass is 497 g/mol. The maximum Gasteiger partial charge on any atom is 0.328 e. The first-order valence-corrected chi connectivity index (χ1v) is 11.2. The number of nitrogen functional groups attached to an aromatic ring is 2. The van der Waals surface area contributed by atoms with E-state index in [1.807, 2.05) is 0 Å². The molecular weight excluding hydrogens is 470 g/mol. The van der Waals surface area contributed by atoms with Gasteiger partial charge in [0, 0.05) is 12.0 Å². The van der Waals surface area contributed by atoms with Crippen LogP contribution in [-0.4, -0.2) is 57.0 Å². The lowest BCUT2D eigenvalue weighted by molar-refractivity contribution is -0.146. The number of amides is 1. The van der Waals surface area contributed by atoms with Crippen molar-refractivity contribution in [2.24, 2.45) is 0 Å². The maximum absolute atomic E-state index is 12.7. The van der Waals surface area contributed by atoms with Crippen molar-refractivity contribution in [3.63, 3.8) is 0 Å². The second-order valence-electron chi connectivity index (χ2n) is 7.44. The fraction of sp³-hybridized carbons (Fsp3) is 0.348. The van der Waals surface area contributed by atoms with Gasteiger partial charge in [0.1, 0.15) is 18.4 Å². The van der Waals surface area contributed by atoms with E-state index in [1.54, 1.807) is 38.1 Å². The number of rotatable bonds is 11. The summed E-state index contributed by atoms with van der Waals surface area (Å²) >= 11 is 0. The summed E-state index contributed by atoms with van der Waals surface area (Å²) in [6, 6.07) is 5.28. The lowest BCUT2D eigenvalue weighted by Crippen LogP contribution is -2.42. The van der Waals surface area contributed by atoms with Gasteiger partial charge in [0.25, 0.3) is 5.91 Å². The summed E-state index contributed by atoms with van der Waals surface area (Å²) in [7, 11) is 0. The van der Waals surface area contributed by atoms with Crippen molar-refractivity contribution in [2.75, 3.05) is 24.7 Å². The Hall–Kier alpha value is -4.55. The van der Waals surface area contributed by atoms with Crippen molar-refractivity contribution in [3.05, 3.63) is 41.7 Å². The van der Waals surface area contributed by atoms with Gasteiger partial charge in [-0.1, -0.05) is 0 Å². The van der Waals surface area contributed by atoms with E-state index in [9.17, 15) is 14.4 Å². The average Bonchev–Trinajstić information content (AvgIpc) is 2.85. The van der Waals surface area contributed by atoms with Gasteiger partial charge in [-0.2, -0.15) is 9.97 Å². The Labute approximate surface area is 206 Å². The van der Waals surface area contributed by atoms with Gasteiger partial charge in [0.15, 0.2) is 17.0 Å². The molecule has 0 unspecified atom stereocenters. The molecule has 0 aliphatic rings. The number of nitrogens with one attached hydrogen (secondary N) is 1. The van der Waals surface area contributed by atoms with E-state index >= 15 is 0 Å². The molecule has 0 saturated heterocycles. The lowest BCUT2D eigenvalue weighted by atomic mass is 10.1. The topological polar surface area (TPSA) is 195 Å². The fourth-order valence-corrected chi connectivity index (χ4v) is 3.14. The van der Waals surface area contributed by atoms with Crippen LogP contribution in [0.3, 0.4) is 0 Å². The van der Waals surface area contributed by atoms with Crippen LogP contribution in [0.25, 0.3) is 11.2 Å². The first-order valence-electron chi connectivity index (χ1n) is 11.2. The predicted molar refractivity (Wildman–Crippen MR) is 128 cm³/mol. The number of nitrogens with zero attached hydrogens (tertiary/aromatic N) is 4. The van der Waals surface area contributed by atoms with Gasteiger partial charge >= 0.3 is 11.9 Å². The van der Waals surface area contributed by atoms with Gasteiger partial charge in [0.2, 0.25) is 5.95 Å². The molecule has 2 heterocycles. The number of ether oxygens (including phenoxy) is 3. The zero-order valence-electron chi connectivity index (χ0n) is 19.9. The number of anilines is 2. The van der Waals surface area contributed by atoms with Crippen LogP contribution in [0, 0.1) is 0 Å². The molecule has 0 bridgehead atoms. The number of esters is 2. The van der Waals surface area contributed by atoms with Gasteiger partial charge in [-0.05, 0) is 44.5 Å². The van der Waals surface area contributed by atoms with Crippen LogP contribution >= 0.6 is 0 Å². The lowest BCUT2D eigenvalue weighted by Gasteiger charge is -2.17. The van der Waals surface area contributed by atoms with E-state index in [0.29, 0.717) is 22.5 Å². The number of benzene rings is 1. The number of hydrogen-bond acceptors (Lipinski definition) is 12. The summed E-state index contributed by atoms with van der Waals surface area (Å²) in [6.45, 7) is 3.80. The Kier molecular flexibility index (Phi) is 8.86. The van der Waals surface area contributed by atoms with Crippen molar-refractivity contribution < 1.29 is 28.6 Å². The smallest absolute Gasteiger partial charge is 0.328 e. The summed E-state index contributed by atoms with van der Waals surface area (Å²) in [4.78, 5) is 52.9. The molecule has 36 heavy (non-hydrogen) atoms. The van der Waals surface area contributed by atoms with Crippen LogP contribution in [0.4, 0.5) is 11.8 Å². The highest BCUT2D eigenvalue weighted by Gasteiger charge is 2.24. The van der Waals surface area contributed by atoms with Gasteiger partial charge in [-0.15, -0.1) is 0 Å². The Balaban J connectivity index is 1.61. The molecule has 13 heteroatoms. The van der Waals surface area contributed by atoms with Crippen LogP contribution in [0.2, 0.25) is 0 Å². The Morgan fingerprint density at radius 1 is 1.00 bits per heavy atom. The third-order valence-corrected chi connectivity index (χ3v) is 4.82. The second-order valence-corrected chi connectivity index (χ2v) is 7.44. The standard InChI is InChI=1S/C23H27N7O6/c1-3-34-17(31)10-9-16(22(33)35-4-2)28-21(32)13-5-7-15(8-6-13)36-12-14-11-26-20-18(27-14)19(24)29-23(25)30-20/h5-8,11,16H,3-4,9-10,12H2,1-2H3,(H,28,32)(H4,24,25,26,29,30)/t16-/m0/s1. The minimum atomic E-state index is -0.990. The molecule has 190 valence electrons. The zero-order valence-corrected chi connectivity index (χ0v) is 19.9. The second kappa shape index (κ2) is 12.2. The van der Waals surface area contributed by atoms with Crippen molar-refractivity contribution in [1.82, 2.24) is 25.3 Å². The highest BCUT2D eigenvalue weighted by molar-refractivity contribution is 5.97. The highest BCUT2D eigenvalue weighted by atomic mass is 16.5. The van der Waals surface area contributed by atoms with E-state index in [2.05, 4.69) is 25.3 Å². The van der Waals surface area contributed by atoms with Crippen LogP contribution in [0.5, 0.6) is 5.75 Å². The van der Waals surface area contributed by atoms with E-state index in [1.165, 1.54) is 6.20 Å². The van der Waals surface area contributed by atoms with Crippen molar-refractivity contribution in [1.29, 1.82) is 0 Å². The molecule has 1 amide bonds. The Morgan fingerprint density at radius 2 is 1.72 bits per heavy atom. The van der Waals surface area contributed by atoms with Crippen LogP contribution in [-0.2, 0) is 25.7 Å². The molecule has 0 aliphatic carbocycles. The molecule has 1 aromatic carbocycles. The van der Waals surface area contributed by atoms with Crippen molar-refractivity contribution in [3.8, 4) is 5.75 Å². The number of aromatic nitrogens is 4. The molecule has 13 nitrogen and oxygen atoms in total. The normalized spacial score (nSPS) is 11.5. The number of carbonyl (C=O) groups is 3. The van der Waals surface area contributed by atoms with Crippen LogP contribution < -0.4 is 21.5 Å². The number of nitrogens with two attached hydrogens (primary N) is 2. The van der Waals surface area contributed by atoms with E-state index in [0.717, 1.165) is 0 Å². The molecule has 0 radical (unpaired) electrons. The van der Waals surface area contributed by atoms with Gasteiger partial charge in [0.05, 0.1) is 25.1 Å². The average molecular weight is 498 g/mol. The molecule has 0 spiro atoms. The first kappa shape index (κ1) is 26.1. The summed E-state index contributed by atoms with van der Waals surface area (Å²) in [5.41, 5.74) is 12.8. The molecule has 2 aromatic heterocycles. The van der Waals surface area contributed by atoms with E-state index in [4.69, 9.17) is 25.7 Å². The van der Waals surface area contributed by atoms with Crippen LogP contribution in [0.15, 0.2) is 30.5 Å². The number of hydrogen-bond donors (Lipinski definition) is 3. The highest BCUT2D eigenvalue weighted by Crippen LogP contribution is 2.17. The zero-order chi connectivity index (χ0) is 26.1. The minimum Gasteiger partial charge on any atom is -0.487 e. The van der Waals surface area contributed by atoms with Crippen molar-refractivity contribution >= 4 is 40.8 Å². The molecule has 0 fully saturated rings. The largest absolute Gasteiger partial charge is 0.487 e. The van der Waals surface area contributed by atoms with E-state index < -0.39 is 23.9 Å². The van der Waals surface area contributed by atoms with Gasteiger partial charge in [-0.25, -0.2) is 14.8 Å². The Morgan fingerprint density at radius 3 is 2.42 bits per heavy atom. The molecular formula is C23H27N7O6. The molecule has 5 N–H and O–H groups in total. The fourth-order valence-electron chi connectivity index (χ4n) is 3.14. The summed E-state index contributed by atoms with van der Waals surface area (Å²) in [6.07, 6.45) is 1.51.